The van der Waals surface area contributed by atoms with E-state index < -0.39 is 0 Å². The zero-order chi connectivity index (χ0) is 17.7. The molecule has 0 unspecified atom stereocenters. The molecule has 0 aromatic carbocycles. The Bertz CT molecular complexity index is 440. The molecular weight excluding hydrogens is 318 g/mol. The molecule has 7 nitrogen and oxygen atoms in total. The molecule has 2 rings (SSSR count). The largest absolute Gasteiger partial charge is 0.483 e. The van der Waals surface area contributed by atoms with E-state index in [4.69, 9.17) is 19.8 Å². The number of piperidine rings is 1. The van der Waals surface area contributed by atoms with Crippen molar-refractivity contribution >= 4 is 24.7 Å². The number of nitrogens with zero attached hydrogens (tertiary/aromatic N) is 3. The van der Waals surface area contributed by atoms with Crippen molar-refractivity contribution in [3.05, 3.63) is 18.2 Å². The van der Waals surface area contributed by atoms with E-state index in [1.807, 2.05) is 18.0 Å². The lowest BCUT2D eigenvalue weighted by Gasteiger charge is -2.37. The number of hydrogen-bond donors (Lipinski definition) is 2. The number of carboxylic acid groups (broad SMARTS) is 2. The van der Waals surface area contributed by atoms with Gasteiger partial charge in [0.2, 0.25) is 0 Å². The summed E-state index contributed by atoms with van der Waals surface area (Å²) in [5.41, 5.74) is 0.272. The van der Waals surface area contributed by atoms with Gasteiger partial charge in [-0.3, -0.25) is 9.59 Å². The number of aryl methyl sites for hydroxylation is 1. The summed E-state index contributed by atoms with van der Waals surface area (Å²) in [6.07, 6.45) is 8.70. The SMILES string of the molecule is CSCCn1ccnc1C1(C)CCN(C)CC1.O=CO.O=CO. The molecule has 0 aliphatic carbocycles. The molecule has 23 heavy (non-hydrogen) atoms. The molecule has 1 aromatic heterocycles. The molecule has 0 spiro atoms. The zero-order valence-electron chi connectivity index (χ0n) is 14.0. The third kappa shape index (κ3) is 7.51. The standard InChI is InChI=1S/C13H23N3S.2CH2O2/c1-13(4-7-15(2)8-5-13)12-14-6-9-16(12)10-11-17-3;2*2-1-3/h6,9H,4-5,7-8,10-11H2,1-3H3;2*1H,(H,2,3). The smallest absolute Gasteiger partial charge is 0.290 e. The second-order valence-corrected chi connectivity index (χ2v) is 6.50. The van der Waals surface area contributed by atoms with Gasteiger partial charge in [-0.1, -0.05) is 6.92 Å². The van der Waals surface area contributed by atoms with Gasteiger partial charge < -0.3 is 19.7 Å². The van der Waals surface area contributed by atoms with E-state index in [2.05, 4.69) is 40.9 Å². The van der Waals surface area contributed by atoms with Crippen molar-refractivity contribution in [2.75, 3.05) is 32.1 Å². The van der Waals surface area contributed by atoms with E-state index in [1.54, 1.807) is 0 Å². The van der Waals surface area contributed by atoms with Crippen LogP contribution in [0.5, 0.6) is 0 Å². The number of thioether (sulfide) groups is 1. The first-order chi connectivity index (χ1) is 11.0. The Balaban J connectivity index is 0.000000704. The topological polar surface area (TPSA) is 95.7 Å². The van der Waals surface area contributed by atoms with Crippen molar-refractivity contribution < 1.29 is 19.8 Å². The van der Waals surface area contributed by atoms with Crippen LogP contribution < -0.4 is 0 Å². The Hall–Kier alpha value is -1.54. The van der Waals surface area contributed by atoms with Gasteiger partial charge in [0, 0.05) is 30.1 Å². The molecule has 0 saturated carbocycles. The molecule has 0 radical (unpaired) electrons. The fourth-order valence-electron chi connectivity index (χ4n) is 2.54. The molecule has 1 aromatic rings. The molecule has 8 heteroatoms. The first-order valence-electron chi connectivity index (χ1n) is 7.33. The lowest BCUT2D eigenvalue weighted by Crippen LogP contribution is -2.40. The molecule has 0 amide bonds. The van der Waals surface area contributed by atoms with Crippen LogP contribution in [-0.4, -0.2) is 69.8 Å². The van der Waals surface area contributed by atoms with E-state index in [-0.39, 0.29) is 18.4 Å². The molecule has 132 valence electrons. The third-order valence-corrected chi connectivity index (χ3v) is 4.47. The Kier molecular flexibility index (Phi) is 11.2. The van der Waals surface area contributed by atoms with Crippen LogP contribution in [0.15, 0.2) is 12.4 Å². The van der Waals surface area contributed by atoms with Crippen LogP contribution >= 0.6 is 11.8 Å². The fourth-order valence-corrected chi connectivity index (χ4v) is 2.92. The highest BCUT2D eigenvalue weighted by molar-refractivity contribution is 7.98. The average molecular weight is 345 g/mol. The number of aromatic nitrogens is 2. The third-order valence-electron chi connectivity index (χ3n) is 3.88. The minimum absolute atomic E-state index is 0.250. The van der Waals surface area contributed by atoms with Crippen molar-refractivity contribution in [3.63, 3.8) is 0 Å². The maximum absolute atomic E-state index is 8.36. The predicted octanol–water partition coefficient (Wildman–Crippen LogP) is 1.63. The van der Waals surface area contributed by atoms with Crippen molar-refractivity contribution in [2.24, 2.45) is 0 Å². The minimum Gasteiger partial charge on any atom is -0.483 e. The van der Waals surface area contributed by atoms with Crippen LogP contribution in [0.3, 0.4) is 0 Å². The summed E-state index contributed by atoms with van der Waals surface area (Å²) in [4.78, 5) is 23.8. The Morgan fingerprint density at radius 2 is 1.83 bits per heavy atom. The van der Waals surface area contributed by atoms with Crippen molar-refractivity contribution in [1.29, 1.82) is 0 Å². The van der Waals surface area contributed by atoms with Gasteiger partial charge in [-0.15, -0.1) is 0 Å². The normalized spacial score (nSPS) is 16.3. The molecule has 1 fully saturated rings. The highest BCUT2D eigenvalue weighted by atomic mass is 32.2. The van der Waals surface area contributed by atoms with Gasteiger partial charge in [0.15, 0.2) is 0 Å². The highest BCUT2D eigenvalue weighted by Crippen LogP contribution is 2.33. The summed E-state index contributed by atoms with van der Waals surface area (Å²) in [6, 6.07) is 0. The minimum atomic E-state index is -0.250. The summed E-state index contributed by atoms with van der Waals surface area (Å²) in [7, 11) is 2.21. The molecule has 2 N–H and O–H groups in total. The molecular formula is C15H27N3O4S. The van der Waals surface area contributed by atoms with Crippen LogP contribution in [-0.2, 0) is 21.5 Å². The summed E-state index contributed by atoms with van der Waals surface area (Å²) in [5, 5.41) is 13.8. The lowest BCUT2D eigenvalue weighted by molar-refractivity contribution is -0.123. The Morgan fingerprint density at radius 3 is 2.30 bits per heavy atom. The van der Waals surface area contributed by atoms with Gasteiger partial charge in [-0.05, 0) is 39.2 Å². The Morgan fingerprint density at radius 1 is 1.30 bits per heavy atom. The molecule has 2 heterocycles. The van der Waals surface area contributed by atoms with Gasteiger partial charge in [0.05, 0.1) is 0 Å². The zero-order valence-corrected chi connectivity index (χ0v) is 14.8. The highest BCUT2D eigenvalue weighted by Gasteiger charge is 2.34. The monoisotopic (exact) mass is 345 g/mol. The average Bonchev–Trinajstić information content (AvgIpc) is 2.99. The first-order valence-corrected chi connectivity index (χ1v) is 8.73. The predicted molar refractivity (Wildman–Crippen MR) is 92.1 cm³/mol. The van der Waals surface area contributed by atoms with Gasteiger partial charge >= 0.3 is 0 Å². The van der Waals surface area contributed by atoms with Crippen LogP contribution in [0.1, 0.15) is 25.6 Å². The molecule has 1 saturated heterocycles. The Labute approximate surface area is 141 Å². The molecule has 0 bridgehead atoms. The fraction of sp³-hybridized carbons (Fsp3) is 0.667. The quantitative estimate of drug-likeness (QED) is 0.801. The lowest BCUT2D eigenvalue weighted by atomic mass is 9.79. The number of rotatable bonds is 4. The summed E-state index contributed by atoms with van der Waals surface area (Å²) >= 11 is 1.90. The van der Waals surface area contributed by atoms with Crippen LogP contribution in [0.2, 0.25) is 0 Å². The summed E-state index contributed by atoms with van der Waals surface area (Å²) in [6.45, 7) is 5.33. The van der Waals surface area contributed by atoms with Crippen LogP contribution in [0.25, 0.3) is 0 Å². The summed E-state index contributed by atoms with van der Waals surface area (Å²) in [5.74, 6) is 2.46. The van der Waals surface area contributed by atoms with E-state index >= 15 is 0 Å². The molecule has 0 atom stereocenters. The van der Waals surface area contributed by atoms with E-state index in [1.165, 1.54) is 37.5 Å². The second kappa shape index (κ2) is 12.0. The maximum atomic E-state index is 8.36. The van der Waals surface area contributed by atoms with E-state index in [0.29, 0.717) is 0 Å². The van der Waals surface area contributed by atoms with E-state index in [9.17, 15) is 0 Å². The number of imidazole rings is 1. The van der Waals surface area contributed by atoms with Crippen molar-refractivity contribution in [3.8, 4) is 0 Å². The number of carbonyl (C=O) groups is 2. The van der Waals surface area contributed by atoms with Gasteiger partial charge in [0.25, 0.3) is 12.9 Å². The molecule has 1 aliphatic heterocycles. The maximum Gasteiger partial charge on any atom is 0.290 e. The van der Waals surface area contributed by atoms with Crippen molar-refractivity contribution in [1.82, 2.24) is 14.5 Å². The first kappa shape index (κ1) is 21.5. The second-order valence-electron chi connectivity index (χ2n) is 5.51. The number of likely N-dealkylation sites (tertiary alicyclic amines) is 1. The molecule has 1 aliphatic rings. The van der Waals surface area contributed by atoms with Crippen LogP contribution in [0.4, 0.5) is 0 Å². The van der Waals surface area contributed by atoms with Gasteiger partial charge in [-0.2, -0.15) is 11.8 Å². The van der Waals surface area contributed by atoms with Crippen molar-refractivity contribution in [2.45, 2.75) is 31.7 Å². The van der Waals surface area contributed by atoms with Crippen LogP contribution in [0, 0.1) is 0 Å². The summed E-state index contributed by atoms with van der Waals surface area (Å²) < 4.78 is 2.35. The van der Waals surface area contributed by atoms with Gasteiger partial charge in [0.1, 0.15) is 5.82 Å². The van der Waals surface area contributed by atoms with Gasteiger partial charge in [-0.25, -0.2) is 4.98 Å². The van der Waals surface area contributed by atoms with E-state index in [0.717, 1.165) is 6.54 Å². The number of hydrogen-bond acceptors (Lipinski definition) is 5.